The van der Waals surface area contributed by atoms with Crippen LogP contribution < -0.4 is 4.90 Å². The van der Waals surface area contributed by atoms with E-state index in [1.165, 1.54) is 30.7 Å². The van der Waals surface area contributed by atoms with Crippen molar-refractivity contribution in [2.24, 2.45) is 5.92 Å². The average molecular weight is 335 g/mol. The Labute approximate surface area is 139 Å². The lowest BCUT2D eigenvalue weighted by atomic mass is 10.0. The molecule has 3 rings (SSSR count). The van der Waals surface area contributed by atoms with Gasteiger partial charge in [-0.05, 0) is 36.5 Å². The number of rotatable bonds is 4. The van der Waals surface area contributed by atoms with Crippen molar-refractivity contribution >= 4 is 17.6 Å². The summed E-state index contributed by atoms with van der Waals surface area (Å²) in [5.74, 6) is 0.539. The van der Waals surface area contributed by atoms with Gasteiger partial charge in [-0.3, -0.25) is 0 Å². The van der Waals surface area contributed by atoms with Crippen LogP contribution >= 0.6 is 11.8 Å². The van der Waals surface area contributed by atoms with Crippen LogP contribution in [0.15, 0.2) is 35.6 Å². The maximum atomic E-state index is 13.2. The first kappa shape index (κ1) is 16.2. The van der Waals surface area contributed by atoms with Crippen LogP contribution in [-0.2, 0) is 5.75 Å². The van der Waals surface area contributed by atoms with Crippen molar-refractivity contribution < 1.29 is 8.78 Å². The number of halogens is 2. The van der Waals surface area contributed by atoms with Crippen molar-refractivity contribution in [3.05, 3.63) is 47.8 Å². The minimum Gasteiger partial charge on any atom is -0.356 e. The van der Waals surface area contributed by atoms with Crippen LogP contribution in [0.4, 0.5) is 14.6 Å². The first-order valence-electron chi connectivity index (χ1n) is 7.75. The second-order valence-electron chi connectivity index (χ2n) is 5.94. The van der Waals surface area contributed by atoms with Crippen molar-refractivity contribution in [2.75, 3.05) is 18.0 Å². The van der Waals surface area contributed by atoms with Gasteiger partial charge in [-0.15, -0.1) is 11.8 Å². The molecule has 1 atom stereocenters. The predicted octanol–water partition coefficient (Wildman–Crippen LogP) is 4.28. The third kappa shape index (κ3) is 4.19. The number of piperidine rings is 1. The number of nitrogens with zero attached hydrogens (tertiary/aromatic N) is 3. The first-order chi connectivity index (χ1) is 11.1. The van der Waals surface area contributed by atoms with Gasteiger partial charge in [0.1, 0.15) is 17.2 Å². The smallest absolute Gasteiger partial charge is 0.159 e. The molecule has 1 aliphatic rings. The van der Waals surface area contributed by atoms with E-state index < -0.39 is 11.6 Å². The molecule has 3 nitrogen and oxygen atoms in total. The fourth-order valence-corrected chi connectivity index (χ4v) is 3.57. The zero-order valence-electron chi connectivity index (χ0n) is 13.0. The third-order valence-corrected chi connectivity index (χ3v) is 4.98. The highest BCUT2D eigenvalue weighted by atomic mass is 32.2. The van der Waals surface area contributed by atoms with E-state index in [9.17, 15) is 8.78 Å². The fraction of sp³-hybridized carbons (Fsp3) is 0.412. The van der Waals surface area contributed by atoms with Gasteiger partial charge in [0.25, 0.3) is 0 Å². The molecule has 1 saturated heterocycles. The molecule has 2 aromatic rings. The molecule has 0 aliphatic carbocycles. The van der Waals surface area contributed by atoms with Crippen LogP contribution in [0, 0.1) is 17.6 Å². The van der Waals surface area contributed by atoms with Gasteiger partial charge in [0, 0.05) is 24.9 Å². The Balaban J connectivity index is 1.66. The zero-order chi connectivity index (χ0) is 16.2. The molecule has 1 aliphatic heterocycles. The quantitative estimate of drug-likeness (QED) is 0.616. The van der Waals surface area contributed by atoms with Gasteiger partial charge in [-0.25, -0.2) is 18.7 Å². The molecule has 6 heteroatoms. The highest BCUT2D eigenvalue weighted by Crippen LogP contribution is 2.26. The number of hydrogen-bond acceptors (Lipinski definition) is 4. The second-order valence-corrected chi connectivity index (χ2v) is 6.94. The fourth-order valence-electron chi connectivity index (χ4n) is 2.77. The standard InChI is InChI=1S/C17H19F2N3S/c1-12-3-2-6-22(9-12)16-8-17(21-11-20-16)23-10-13-4-5-14(18)15(19)7-13/h4-5,7-8,11-12H,2-3,6,9-10H2,1H3. The number of hydrogen-bond donors (Lipinski definition) is 0. The highest BCUT2D eigenvalue weighted by Gasteiger charge is 2.18. The largest absolute Gasteiger partial charge is 0.356 e. The van der Waals surface area contributed by atoms with Gasteiger partial charge in [-0.1, -0.05) is 13.0 Å². The Morgan fingerprint density at radius 1 is 1.22 bits per heavy atom. The van der Waals surface area contributed by atoms with Gasteiger partial charge in [0.2, 0.25) is 0 Å². The minimum absolute atomic E-state index is 0.546. The Bertz CT molecular complexity index is 681. The average Bonchev–Trinajstić information content (AvgIpc) is 2.56. The van der Waals surface area contributed by atoms with Crippen molar-refractivity contribution in [3.63, 3.8) is 0 Å². The molecule has 0 spiro atoms. The molecule has 1 unspecified atom stereocenters. The van der Waals surface area contributed by atoms with Crippen LogP contribution in [0.1, 0.15) is 25.3 Å². The molecule has 23 heavy (non-hydrogen) atoms. The molecule has 2 heterocycles. The topological polar surface area (TPSA) is 29.0 Å². The summed E-state index contributed by atoms with van der Waals surface area (Å²) in [4.78, 5) is 10.9. The van der Waals surface area contributed by atoms with E-state index in [2.05, 4.69) is 21.8 Å². The maximum Gasteiger partial charge on any atom is 0.159 e. The van der Waals surface area contributed by atoms with Crippen molar-refractivity contribution in [1.29, 1.82) is 0 Å². The highest BCUT2D eigenvalue weighted by molar-refractivity contribution is 7.98. The van der Waals surface area contributed by atoms with Gasteiger partial charge in [-0.2, -0.15) is 0 Å². The number of benzene rings is 1. The van der Waals surface area contributed by atoms with Crippen LogP contribution in [-0.4, -0.2) is 23.1 Å². The summed E-state index contributed by atoms with van der Waals surface area (Å²) in [6.07, 6.45) is 4.02. The summed E-state index contributed by atoms with van der Waals surface area (Å²) in [5, 5.41) is 0.845. The summed E-state index contributed by atoms with van der Waals surface area (Å²) in [6.45, 7) is 4.30. The van der Waals surface area contributed by atoms with E-state index in [1.54, 1.807) is 12.4 Å². The van der Waals surface area contributed by atoms with E-state index in [1.807, 2.05) is 6.07 Å². The van der Waals surface area contributed by atoms with Crippen molar-refractivity contribution in [2.45, 2.75) is 30.5 Å². The Hall–Kier alpha value is -1.69. The summed E-state index contributed by atoms with van der Waals surface area (Å²) >= 11 is 1.50. The van der Waals surface area contributed by atoms with Gasteiger partial charge >= 0.3 is 0 Å². The van der Waals surface area contributed by atoms with E-state index in [-0.39, 0.29) is 0 Å². The second kappa shape index (κ2) is 7.25. The zero-order valence-corrected chi connectivity index (χ0v) is 13.8. The third-order valence-electron chi connectivity index (χ3n) is 3.98. The Kier molecular flexibility index (Phi) is 5.10. The molecule has 1 fully saturated rings. The van der Waals surface area contributed by atoms with E-state index in [0.29, 0.717) is 11.7 Å². The van der Waals surface area contributed by atoms with Crippen LogP contribution in [0.2, 0.25) is 0 Å². The molecule has 122 valence electrons. The monoisotopic (exact) mass is 335 g/mol. The Morgan fingerprint density at radius 2 is 2.09 bits per heavy atom. The Morgan fingerprint density at radius 3 is 2.87 bits per heavy atom. The summed E-state index contributed by atoms with van der Waals surface area (Å²) in [7, 11) is 0. The van der Waals surface area contributed by atoms with E-state index in [4.69, 9.17) is 0 Å². The molecule has 1 aromatic heterocycles. The molecule has 0 amide bonds. The van der Waals surface area contributed by atoms with Crippen molar-refractivity contribution in [1.82, 2.24) is 9.97 Å². The van der Waals surface area contributed by atoms with Gasteiger partial charge in [0.05, 0.1) is 0 Å². The molecule has 0 N–H and O–H groups in total. The molecule has 0 bridgehead atoms. The number of anilines is 1. The number of aromatic nitrogens is 2. The normalized spacial score (nSPS) is 18.2. The summed E-state index contributed by atoms with van der Waals surface area (Å²) < 4.78 is 26.2. The number of thioether (sulfide) groups is 1. The lowest BCUT2D eigenvalue weighted by Gasteiger charge is -2.31. The van der Waals surface area contributed by atoms with Crippen LogP contribution in [0.3, 0.4) is 0 Å². The van der Waals surface area contributed by atoms with Gasteiger partial charge in [0.15, 0.2) is 11.6 Å². The maximum absolute atomic E-state index is 13.2. The molecular formula is C17H19F2N3S. The lowest BCUT2D eigenvalue weighted by molar-refractivity contribution is 0.444. The molecule has 0 radical (unpaired) electrons. The molecular weight excluding hydrogens is 316 g/mol. The lowest BCUT2D eigenvalue weighted by Crippen LogP contribution is -2.34. The van der Waals surface area contributed by atoms with E-state index in [0.717, 1.165) is 35.6 Å². The van der Waals surface area contributed by atoms with Gasteiger partial charge < -0.3 is 4.90 Å². The minimum atomic E-state index is -0.817. The molecule has 0 saturated carbocycles. The van der Waals surface area contributed by atoms with Crippen molar-refractivity contribution in [3.8, 4) is 0 Å². The summed E-state index contributed by atoms with van der Waals surface area (Å²) in [6, 6.07) is 5.96. The van der Waals surface area contributed by atoms with E-state index >= 15 is 0 Å². The van der Waals surface area contributed by atoms with Crippen LogP contribution in [0.25, 0.3) is 0 Å². The SMILES string of the molecule is CC1CCCN(c2cc(SCc3ccc(F)c(F)c3)ncn2)C1. The predicted molar refractivity (Wildman–Crippen MR) is 88.6 cm³/mol. The molecule has 1 aromatic carbocycles. The van der Waals surface area contributed by atoms with Crippen LogP contribution in [0.5, 0.6) is 0 Å². The first-order valence-corrected chi connectivity index (χ1v) is 8.74. The summed E-state index contributed by atoms with van der Waals surface area (Å²) in [5.41, 5.74) is 0.737.